The molecule has 2 aromatic rings. The van der Waals surface area contributed by atoms with Crippen molar-refractivity contribution in [3.05, 3.63) is 53.2 Å². The number of hydrogen-bond acceptors (Lipinski definition) is 4. The molecule has 1 aliphatic rings. The molecular weight excluding hydrogens is 286 g/mol. The fourth-order valence-electron chi connectivity index (χ4n) is 2.59. The molecule has 110 valence electrons. The van der Waals surface area contributed by atoms with Gasteiger partial charge in [-0.15, -0.1) is 0 Å². The molecule has 1 saturated heterocycles. The van der Waals surface area contributed by atoms with E-state index in [0.717, 1.165) is 32.0 Å². The average Bonchev–Trinajstić information content (AvgIpc) is 2.56. The smallest absolute Gasteiger partial charge is 0.129 e. The van der Waals surface area contributed by atoms with Crippen LogP contribution in [0.1, 0.15) is 5.69 Å². The van der Waals surface area contributed by atoms with Crippen LogP contribution in [0.15, 0.2) is 42.5 Å². The molecule has 1 aliphatic heterocycles. The van der Waals surface area contributed by atoms with Crippen molar-refractivity contribution in [2.24, 2.45) is 0 Å². The van der Waals surface area contributed by atoms with E-state index >= 15 is 0 Å². The molecule has 3 rings (SSSR count). The van der Waals surface area contributed by atoms with Gasteiger partial charge >= 0.3 is 0 Å². The third-order valence-electron chi connectivity index (χ3n) is 3.78. The van der Waals surface area contributed by atoms with Crippen LogP contribution in [0.4, 0.5) is 11.5 Å². The summed E-state index contributed by atoms with van der Waals surface area (Å²) in [4.78, 5) is 9.04. The zero-order chi connectivity index (χ0) is 14.7. The van der Waals surface area contributed by atoms with E-state index in [4.69, 9.17) is 11.6 Å². The van der Waals surface area contributed by atoms with Gasteiger partial charge in [-0.25, -0.2) is 4.98 Å². The lowest BCUT2D eigenvalue weighted by atomic mass is 10.2. The second-order valence-electron chi connectivity index (χ2n) is 5.07. The number of hydrogen-bond donors (Lipinski definition) is 1. The first-order valence-electron chi connectivity index (χ1n) is 7.09. The molecule has 1 aromatic heterocycles. The zero-order valence-electron chi connectivity index (χ0n) is 11.7. The lowest BCUT2D eigenvalue weighted by molar-refractivity contribution is 0.277. The number of halogens is 1. The number of pyridine rings is 1. The lowest BCUT2D eigenvalue weighted by Gasteiger charge is -2.36. The molecule has 4 nitrogen and oxygen atoms in total. The molecule has 0 spiro atoms. The Morgan fingerprint density at radius 2 is 1.62 bits per heavy atom. The molecule has 0 radical (unpaired) electrons. The van der Waals surface area contributed by atoms with Crippen LogP contribution in [0.5, 0.6) is 0 Å². The van der Waals surface area contributed by atoms with Crippen molar-refractivity contribution in [2.75, 3.05) is 36.0 Å². The minimum absolute atomic E-state index is 0.128. The molecular formula is C16H18ClN3O. The summed E-state index contributed by atoms with van der Waals surface area (Å²) >= 11 is 5.99. The van der Waals surface area contributed by atoms with E-state index < -0.39 is 0 Å². The molecule has 2 heterocycles. The predicted molar refractivity (Wildman–Crippen MR) is 86.0 cm³/mol. The van der Waals surface area contributed by atoms with Crippen LogP contribution in [-0.2, 0) is 6.61 Å². The molecule has 0 unspecified atom stereocenters. The molecule has 5 heteroatoms. The van der Waals surface area contributed by atoms with Gasteiger partial charge in [-0.1, -0.05) is 29.8 Å². The van der Waals surface area contributed by atoms with E-state index in [1.54, 1.807) is 6.07 Å². The quantitative estimate of drug-likeness (QED) is 0.946. The van der Waals surface area contributed by atoms with Crippen molar-refractivity contribution in [3.63, 3.8) is 0 Å². The van der Waals surface area contributed by atoms with E-state index in [1.165, 1.54) is 5.69 Å². The summed E-state index contributed by atoms with van der Waals surface area (Å²) in [6.45, 7) is 3.62. The van der Waals surface area contributed by atoms with Gasteiger partial charge in [0.15, 0.2) is 0 Å². The fraction of sp³-hybridized carbons (Fsp3) is 0.312. The number of aliphatic hydroxyl groups excluding tert-OH is 1. The molecule has 0 aliphatic carbocycles. The van der Waals surface area contributed by atoms with Crippen LogP contribution in [0, 0.1) is 0 Å². The van der Waals surface area contributed by atoms with Crippen LogP contribution >= 0.6 is 11.6 Å². The standard InChI is InChI=1S/C16H18ClN3O/c17-14-6-7-16(18-15(14)12-21)20-10-8-19(9-11-20)13-4-2-1-3-5-13/h1-7,21H,8-12H2. The highest BCUT2D eigenvalue weighted by Gasteiger charge is 2.18. The number of aromatic nitrogens is 1. The molecule has 0 atom stereocenters. The Hall–Kier alpha value is -1.78. The van der Waals surface area contributed by atoms with Gasteiger partial charge in [-0.05, 0) is 24.3 Å². The number of para-hydroxylation sites is 1. The first-order valence-corrected chi connectivity index (χ1v) is 7.47. The normalized spacial score (nSPS) is 15.3. The summed E-state index contributed by atoms with van der Waals surface area (Å²) < 4.78 is 0. The third kappa shape index (κ3) is 3.12. The van der Waals surface area contributed by atoms with Crippen molar-refractivity contribution < 1.29 is 5.11 Å². The molecule has 21 heavy (non-hydrogen) atoms. The van der Waals surface area contributed by atoms with Gasteiger partial charge in [0.25, 0.3) is 0 Å². The second-order valence-corrected chi connectivity index (χ2v) is 5.47. The Morgan fingerprint density at radius 3 is 2.29 bits per heavy atom. The van der Waals surface area contributed by atoms with E-state index in [-0.39, 0.29) is 6.61 Å². The molecule has 0 saturated carbocycles. The maximum atomic E-state index is 9.26. The van der Waals surface area contributed by atoms with Crippen LogP contribution < -0.4 is 9.80 Å². The number of rotatable bonds is 3. The van der Waals surface area contributed by atoms with Gasteiger partial charge < -0.3 is 14.9 Å². The Kier molecular flexibility index (Phi) is 4.27. The number of nitrogens with zero attached hydrogens (tertiary/aromatic N) is 3. The highest BCUT2D eigenvalue weighted by Crippen LogP contribution is 2.22. The van der Waals surface area contributed by atoms with Gasteiger partial charge in [0.05, 0.1) is 17.3 Å². The summed E-state index contributed by atoms with van der Waals surface area (Å²) in [5, 5.41) is 9.78. The van der Waals surface area contributed by atoms with Crippen molar-refractivity contribution in [3.8, 4) is 0 Å². The summed E-state index contributed by atoms with van der Waals surface area (Å²) in [5.41, 5.74) is 1.80. The van der Waals surface area contributed by atoms with Crippen molar-refractivity contribution in [2.45, 2.75) is 6.61 Å². The van der Waals surface area contributed by atoms with Gasteiger partial charge in [0.2, 0.25) is 0 Å². The molecule has 1 fully saturated rings. The van der Waals surface area contributed by atoms with E-state index in [9.17, 15) is 5.11 Å². The van der Waals surface area contributed by atoms with Gasteiger partial charge in [0.1, 0.15) is 5.82 Å². The average molecular weight is 304 g/mol. The highest BCUT2D eigenvalue weighted by molar-refractivity contribution is 6.31. The van der Waals surface area contributed by atoms with Crippen LogP contribution in [0.3, 0.4) is 0 Å². The predicted octanol–water partition coefficient (Wildman–Crippen LogP) is 2.55. The second kappa shape index (κ2) is 6.33. The van der Waals surface area contributed by atoms with Gasteiger partial charge in [-0.3, -0.25) is 0 Å². The summed E-state index contributed by atoms with van der Waals surface area (Å²) in [6, 6.07) is 14.2. The number of aliphatic hydroxyl groups is 1. The molecule has 0 bridgehead atoms. The van der Waals surface area contributed by atoms with Crippen LogP contribution in [0.2, 0.25) is 5.02 Å². The third-order valence-corrected chi connectivity index (χ3v) is 4.12. The van der Waals surface area contributed by atoms with Gasteiger partial charge in [-0.2, -0.15) is 0 Å². The van der Waals surface area contributed by atoms with Crippen molar-refractivity contribution >= 4 is 23.1 Å². The minimum Gasteiger partial charge on any atom is -0.390 e. The molecule has 0 amide bonds. The first kappa shape index (κ1) is 14.2. The van der Waals surface area contributed by atoms with Crippen LogP contribution in [0.25, 0.3) is 0 Å². The topological polar surface area (TPSA) is 39.6 Å². The molecule has 1 aromatic carbocycles. The van der Waals surface area contributed by atoms with Crippen LogP contribution in [-0.4, -0.2) is 36.3 Å². The Balaban J connectivity index is 1.68. The maximum Gasteiger partial charge on any atom is 0.129 e. The Labute approximate surface area is 129 Å². The lowest BCUT2D eigenvalue weighted by Crippen LogP contribution is -2.46. The van der Waals surface area contributed by atoms with E-state index in [2.05, 4.69) is 39.0 Å². The van der Waals surface area contributed by atoms with Crippen molar-refractivity contribution in [1.29, 1.82) is 0 Å². The van der Waals surface area contributed by atoms with E-state index in [1.807, 2.05) is 12.1 Å². The number of anilines is 2. The summed E-state index contributed by atoms with van der Waals surface area (Å²) in [7, 11) is 0. The fourth-order valence-corrected chi connectivity index (χ4v) is 2.76. The number of piperazine rings is 1. The maximum absolute atomic E-state index is 9.26. The largest absolute Gasteiger partial charge is 0.390 e. The van der Waals surface area contributed by atoms with E-state index in [0.29, 0.717) is 10.7 Å². The highest BCUT2D eigenvalue weighted by atomic mass is 35.5. The van der Waals surface area contributed by atoms with Gasteiger partial charge in [0, 0.05) is 31.9 Å². The Morgan fingerprint density at radius 1 is 0.952 bits per heavy atom. The minimum atomic E-state index is -0.128. The number of benzene rings is 1. The summed E-state index contributed by atoms with van der Waals surface area (Å²) in [5.74, 6) is 0.885. The SMILES string of the molecule is OCc1nc(N2CCN(c3ccccc3)CC2)ccc1Cl. The monoisotopic (exact) mass is 303 g/mol. The summed E-state index contributed by atoms with van der Waals surface area (Å²) in [6.07, 6.45) is 0. The first-order chi connectivity index (χ1) is 10.3. The zero-order valence-corrected chi connectivity index (χ0v) is 12.5. The molecule has 1 N–H and O–H groups in total. The van der Waals surface area contributed by atoms with Crippen molar-refractivity contribution in [1.82, 2.24) is 4.98 Å². The Bertz CT molecular complexity index is 598.